The average Bonchev–Trinajstić information content (AvgIpc) is 2.90. The Balaban J connectivity index is 1.25. The molecule has 0 N–H and O–H groups in total. The van der Waals surface area contributed by atoms with Crippen LogP contribution in [-0.2, 0) is 30.5 Å². The molecule has 0 saturated heterocycles. The van der Waals surface area contributed by atoms with Gasteiger partial charge in [0.15, 0.2) is 13.2 Å². The molecule has 4 aromatic rings. The van der Waals surface area contributed by atoms with Gasteiger partial charge >= 0.3 is 11.3 Å². The Morgan fingerprint density at radius 2 is 1.05 bits per heavy atom. The van der Waals surface area contributed by atoms with Crippen molar-refractivity contribution in [1.82, 2.24) is 0 Å². The van der Waals surface area contributed by atoms with Gasteiger partial charge in [0.25, 0.3) is 0 Å². The van der Waals surface area contributed by atoms with Crippen LogP contribution in [0, 0.1) is 13.8 Å². The number of rotatable bonds is 6. The molecular formula is C31H30O7. The zero-order valence-electron chi connectivity index (χ0n) is 21.7. The molecular weight excluding hydrogens is 484 g/mol. The number of Topliss-reactive ketones (excluding diaryl/α,β-unsaturated/α-hetero) is 1. The summed E-state index contributed by atoms with van der Waals surface area (Å²) in [5, 5.41) is 1.56. The van der Waals surface area contributed by atoms with E-state index < -0.39 is 0 Å². The summed E-state index contributed by atoms with van der Waals surface area (Å²) >= 11 is 0. The molecule has 0 spiro atoms. The van der Waals surface area contributed by atoms with Crippen LogP contribution in [0.1, 0.15) is 59.1 Å². The zero-order chi connectivity index (χ0) is 26.4. The molecule has 0 bridgehead atoms. The number of ether oxygens (including phenoxy) is 2. The van der Waals surface area contributed by atoms with Crippen molar-refractivity contribution in [2.75, 3.05) is 13.2 Å². The first-order valence-corrected chi connectivity index (χ1v) is 13.3. The van der Waals surface area contributed by atoms with Gasteiger partial charge < -0.3 is 18.3 Å². The lowest BCUT2D eigenvalue weighted by Gasteiger charge is -2.19. The van der Waals surface area contributed by atoms with Crippen molar-refractivity contribution in [2.45, 2.75) is 65.2 Å². The maximum Gasteiger partial charge on any atom is 0.339 e. The Morgan fingerprint density at radius 1 is 0.658 bits per heavy atom. The molecule has 7 heteroatoms. The lowest BCUT2D eigenvalue weighted by Crippen LogP contribution is -2.21. The van der Waals surface area contributed by atoms with Gasteiger partial charge in [-0.15, -0.1) is 0 Å². The molecule has 2 heterocycles. The minimum atomic E-state index is -0.281. The summed E-state index contributed by atoms with van der Waals surface area (Å²) in [4.78, 5) is 37.9. The first-order valence-electron chi connectivity index (χ1n) is 13.3. The van der Waals surface area contributed by atoms with Gasteiger partial charge in [0, 0.05) is 11.1 Å². The molecule has 196 valence electrons. The van der Waals surface area contributed by atoms with Crippen molar-refractivity contribution in [3.05, 3.63) is 78.5 Å². The van der Waals surface area contributed by atoms with E-state index in [1.54, 1.807) is 0 Å². The number of carbonyl (C=O) groups excluding carboxylic acids is 1. The summed E-state index contributed by atoms with van der Waals surface area (Å²) in [6.45, 7) is 3.45. The van der Waals surface area contributed by atoms with Gasteiger partial charge in [-0.25, -0.2) is 9.59 Å². The van der Waals surface area contributed by atoms with Crippen LogP contribution in [0.4, 0.5) is 0 Å². The van der Waals surface area contributed by atoms with Crippen LogP contribution >= 0.6 is 0 Å². The molecule has 0 radical (unpaired) electrons. The van der Waals surface area contributed by atoms with Gasteiger partial charge in [-0.3, -0.25) is 4.79 Å². The lowest BCUT2D eigenvalue weighted by atomic mass is 9.90. The third-order valence-corrected chi connectivity index (χ3v) is 7.64. The van der Waals surface area contributed by atoms with Crippen LogP contribution < -0.4 is 20.7 Å². The van der Waals surface area contributed by atoms with E-state index in [0.29, 0.717) is 46.6 Å². The molecule has 0 atom stereocenters. The Kier molecular flexibility index (Phi) is 6.30. The summed E-state index contributed by atoms with van der Waals surface area (Å²) in [6.07, 6.45) is 6.89. The fraction of sp³-hybridized carbons (Fsp3) is 0.387. The van der Waals surface area contributed by atoms with E-state index in [4.69, 9.17) is 18.3 Å². The van der Waals surface area contributed by atoms with Crippen molar-refractivity contribution in [1.29, 1.82) is 0 Å². The molecule has 2 aromatic carbocycles. The van der Waals surface area contributed by atoms with Gasteiger partial charge in [-0.2, -0.15) is 0 Å². The molecule has 2 aromatic heterocycles. The number of benzene rings is 2. The molecule has 38 heavy (non-hydrogen) atoms. The second-order valence-electron chi connectivity index (χ2n) is 10.5. The van der Waals surface area contributed by atoms with Gasteiger partial charge in [-0.1, -0.05) is 0 Å². The van der Waals surface area contributed by atoms with Gasteiger partial charge in [0.05, 0.1) is 10.8 Å². The van der Waals surface area contributed by atoms with Gasteiger partial charge in [-0.05, 0) is 112 Å². The molecule has 6 rings (SSSR count). The highest BCUT2D eigenvalue weighted by Crippen LogP contribution is 2.36. The van der Waals surface area contributed by atoms with E-state index in [-0.39, 0.29) is 30.2 Å². The Morgan fingerprint density at radius 3 is 1.47 bits per heavy atom. The number of carbonyl (C=O) groups is 1. The summed E-state index contributed by atoms with van der Waals surface area (Å²) in [5.41, 5.74) is 5.56. The smallest absolute Gasteiger partial charge is 0.339 e. The van der Waals surface area contributed by atoms with E-state index in [1.807, 2.05) is 38.1 Å². The quantitative estimate of drug-likeness (QED) is 0.322. The zero-order valence-corrected chi connectivity index (χ0v) is 21.7. The van der Waals surface area contributed by atoms with E-state index >= 15 is 0 Å². The van der Waals surface area contributed by atoms with Crippen molar-refractivity contribution in [2.24, 2.45) is 0 Å². The van der Waals surface area contributed by atoms with Crippen LogP contribution in [0.15, 0.2) is 42.7 Å². The highest BCUT2D eigenvalue weighted by Gasteiger charge is 2.23. The molecule has 0 fully saturated rings. The second kappa shape index (κ2) is 9.78. The number of hydrogen-bond donors (Lipinski definition) is 0. The second-order valence-corrected chi connectivity index (χ2v) is 10.5. The molecule has 0 saturated carbocycles. The monoisotopic (exact) mass is 514 g/mol. The van der Waals surface area contributed by atoms with Gasteiger partial charge in [0.2, 0.25) is 5.78 Å². The van der Waals surface area contributed by atoms with E-state index in [0.717, 1.165) is 71.6 Å². The molecule has 0 unspecified atom stereocenters. The summed E-state index contributed by atoms with van der Waals surface area (Å²) < 4.78 is 23.3. The Bertz CT molecular complexity index is 1580. The number of ketones is 1. The van der Waals surface area contributed by atoms with Crippen LogP contribution in [0.2, 0.25) is 0 Å². The normalized spacial score (nSPS) is 14.8. The summed E-state index contributed by atoms with van der Waals surface area (Å²) in [6, 6.07) is 7.44. The van der Waals surface area contributed by atoms with Crippen LogP contribution in [0.25, 0.3) is 21.9 Å². The number of aryl methyl sites for hydroxylation is 4. The van der Waals surface area contributed by atoms with Crippen LogP contribution in [-0.4, -0.2) is 19.0 Å². The fourth-order valence-electron chi connectivity index (χ4n) is 5.92. The van der Waals surface area contributed by atoms with E-state index in [2.05, 4.69) is 0 Å². The van der Waals surface area contributed by atoms with E-state index in [1.165, 1.54) is 0 Å². The molecule has 0 amide bonds. The molecule has 2 aliphatic carbocycles. The van der Waals surface area contributed by atoms with Crippen molar-refractivity contribution < 1.29 is 23.1 Å². The summed E-state index contributed by atoms with van der Waals surface area (Å²) in [7, 11) is 0. The van der Waals surface area contributed by atoms with Crippen molar-refractivity contribution in [3.8, 4) is 11.5 Å². The standard InChI is InChI=1S/C31H30O7/c1-17-11-24(28-20-7-3-5-9-22(20)30(33)37-26(28)13-17)35-15-19(32)16-36-25-12-18(2)14-27-29(25)21-8-4-6-10-23(21)31(34)38-27/h11-14H,3-10,15-16H2,1-2H3. The molecule has 0 aliphatic heterocycles. The highest BCUT2D eigenvalue weighted by molar-refractivity contribution is 5.91. The lowest BCUT2D eigenvalue weighted by molar-refractivity contribution is -0.122. The van der Waals surface area contributed by atoms with Crippen LogP contribution in [0.5, 0.6) is 11.5 Å². The predicted octanol–water partition coefficient (Wildman–Crippen LogP) is 5.30. The van der Waals surface area contributed by atoms with Crippen LogP contribution in [0.3, 0.4) is 0 Å². The SMILES string of the molecule is Cc1cc(OCC(=O)COc2cc(C)cc3oc(=O)c4c(c23)CCCC4)c2c3c(c(=O)oc2c1)CCCC3. The third-order valence-electron chi connectivity index (χ3n) is 7.64. The number of hydrogen-bond acceptors (Lipinski definition) is 7. The minimum Gasteiger partial charge on any atom is -0.485 e. The fourth-order valence-corrected chi connectivity index (χ4v) is 5.92. The Labute approximate surface area is 219 Å². The number of fused-ring (bicyclic) bond motifs is 6. The van der Waals surface area contributed by atoms with Gasteiger partial charge in [0.1, 0.15) is 22.7 Å². The Hall–Kier alpha value is -3.87. The maximum absolute atomic E-state index is 12.9. The highest BCUT2D eigenvalue weighted by atomic mass is 16.5. The largest absolute Gasteiger partial charge is 0.485 e. The maximum atomic E-state index is 12.9. The molecule has 2 aliphatic rings. The average molecular weight is 515 g/mol. The summed E-state index contributed by atoms with van der Waals surface area (Å²) in [5.74, 6) is 0.867. The molecule has 7 nitrogen and oxygen atoms in total. The topological polar surface area (TPSA) is 96.0 Å². The van der Waals surface area contributed by atoms with Crippen molar-refractivity contribution in [3.63, 3.8) is 0 Å². The first kappa shape index (κ1) is 24.5. The first-order chi connectivity index (χ1) is 18.4. The minimum absolute atomic E-state index is 0.177. The van der Waals surface area contributed by atoms with Crippen molar-refractivity contribution >= 4 is 27.7 Å². The predicted molar refractivity (Wildman–Crippen MR) is 144 cm³/mol. The third kappa shape index (κ3) is 4.40. The van der Waals surface area contributed by atoms with E-state index in [9.17, 15) is 14.4 Å².